The Hall–Kier alpha value is -1.81. The first-order valence-electron chi connectivity index (χ1n) is 6.17. The number of benzene rings is 1. The Kier molecular flexibility index (Phi) is 3.99. The minimum atomic E-state index is -0.147. The van der Waals surface area contributed by atoms with E-state index in [9.17, 15) is 0 Å². The fourth-order valence-corrected chi connectivity index (χ4v) is 1.86. The summed E-state index contributed by atoms with van der Waals surface area (Å²) in [5.41, 5.74) is 8.03. The number of hydrogen-bond donors (Lipinski definition) is 1. The highest BCUT2D eigenvalue weighted by molar-refractivity contribution is 5.29. The molecule has 0 bridgehead atoms. The van der Waals surface area contributed by atoms with Crippen molar-refractivity contribution in [2.75, 3.05) is 6.54 Å². The first-order valence-corrected chi connectivity index (χ1v) is 6.17. The second-order valence-electron chi connectivity index (χ2n) is 4.29. The van der Waals surface area contributed by atoms with Gasteiger partial charge in [-0.2, -0.15) is 5.10 Å². The lowest BCUT2D eigenvalue weighted by Crippen LogP contribution is -2.18. The normalized spacial score (nSPS) is 12.4. The van der Waals surface area contributed by atoms with E-state index in [1.165, 1.54) is 5.56 Å². The number of rotatable bonds is 5. The van der Waals surface area contributed by atoms with E-state index in [4.69, 9.17) is 10.5 Å². The van der Waals surface area contributed by atoms with Crippen molar-refractivity contribution in [3.8, 4) is 5.75 Å². The SMILES string of the molecule is CCc1cccc(OC(CN)c2cnn(C)c2)c1. The van der Waals surface area contributed by atoms with Crippen molar-refractivity contribution in [3.05, 3.63) is 47.8 Å². The summed E-state index contributed by atoms with van der Waals surface area (Å²) in [6, 6.07) is 8.11. The summed E-state index contributed by atoms with van der Waals surface area (Å²) in [6.07, 6.45) is 4.57. The standard InChI is InChI=1S/C14H19N3O/c1-3-11-5-4-6-13(7-11)18-14(8-15)12-9-16-17(2)10-12/h4-7,9-10,14H,3,8,15H2,1-2H3. The molecule has 1 atom stereocenters. The summed E-state index contributed by atoms with van der Waals surface area (Å²) in [7, 11) is 1.88. The van der Waals surface area contributed by atoms with E-state index in [1.54, 1.807) is 10.9 Å². The minimum Gasteiger partial charge on any atom is -0.484 e. The zero-order valence-corrected chi connectivity index (χ0v) is 10.8. The van der Waals surface area contributed by atoms with E-state index >= 15 is 0 Å². The fraction of sp³-hybridized carbons (Fsp3) is 0.357. The van der Waals surface area contributed by atoms with E-state index in [2.05, 4.69) is 24.2 Å². The molecule has 0 aliphatic heterocycles. The molecule has 96 valence electrons. The Morgan fingerprint density at radius 2 is 2.28 bits per heavy atom. The molecular formula is C14H19N3O. The molecule has 0 saturated carbocycles. The maximum atomic E-state index is 5.93. The van der Waals surface area contributed by atoms with Crippen LogP contribution in [0.4, 0.5) is 0 Å². The Morgan fingerprint density at radius 1 is 1.44 bits per heavy atom. The minimum absolute atomic E-state index is 0.147. The van der Waals surface area contributed by atoms with Crippen LogP contribution in [0.3, 0.4) is 0 Å². The smallest absolute Gasteiger partial charge is 0.139 e. The predicted molar refractivity (Wildman–Crippen MR) is 71.5 cm³/mol. The van der Waals surface area contributed by atoms with Crippen LogP contribution >= 0.6 is 0 Å². The maximum Gasteiger partial charge on any atom is 0.139 e. The Morgan fingerprint density at radius 3 is 2.89 bits per heavy atom. The van der Waals surface area contributed by atoms with Gasteiger partial charge in [-0.3, -0.25) is 4.68 Å². The van der Waals surface area contributed by atoms with Gasteiger partial charge in [-0.15, -0.1) is 0 Å². The second kappa shape index (κ2) is 5.69. The number of aryl methyl sites for hydroxylation is 2. The van der Waals surface area contributed by atoms with Crippen LogP contribution in [0.2, 0.25) is 0 Å². The molecule has 18 heavy (non-hydrogen) atoms. The molecule has 0 fully saturated rings. The monoisotopic (exact) mass is 245 g/mol. The van der Waals surface area contributed by atoms with Crippen molar-refractivity contribution in [1.29, 1.82) is 0 Å². The van der Waals surface area contributed by atoms with Gasteiger partial charge in [0.1, 0.15) is 11.9 Å². The third-order valence-corrected chi connectivity index (χ3v) is 2.90. The maximum absolute atomic E-state index is 5.93. The van der Waals surface area contributed by atoms with Gasteiger partial charge in [0.25, 0.3) is 0 Å². The molecule has 0 radical (unpaired) electrons. The molecule has 1 aromatic heterocycles. The number of hydrogen-bond acceptors (Lipinski definition) is 3. The van der Waals surface area contributed by atoms with Crippen molar-refractivity contribution in [1.82, 2.24) is 9.78 Å². The fourth-order valence-electron chi connectivity index (χ4n) is 1.86. The van der Waals surface area contributed by atoms with Gasteiger partial charge in [0, 0.05) is 25.4 Å². The molecule has 0 spiro atoms. The van der Waals surface area contributed by atoms with Crippen molar-refractivity contribution in [3.63, 3.8) is 0 Å². The molecule has 2 rings (SSSR count). The molecule has 1 heterocycles. The lowest BCUT2D eigenvalue weighted by atomic mass is 10.1. The van der Waals surface area contributed by atoms with Crippen molar-refractivity contribution < 1.29 is 4.74 Å². The average molecular weight is 245 g/mol. The van der Waals surface area contributed by atoms with Gasteiger partial charge in [0.2, 0.25) is 0 Å². The summed E-state index contributed by atoms with van der Waals surface area (Å²) >= 11 is 0. The molecule has 1 aromatic carbocycles. The van der Waals surface area contributed by atoms with Crippen LogP contribution < -0.4 is 10.5 Å². The predicted octanol–water partition coefficient (Wildman–Crippen LogP) is 2.06. The van der Waals surface area contributed by atoms with Gasteiger partial charge in [-0.1, -0.05) is 19.1 Å². The van der Waals surface area contributed by atoms with E-state index in [1.807, 2.05) is 25.4 Å². The molecule has 0 saturated heterocycles. The van der Waals surface area contributed by atoms with E-state index in [0.717, 1.165) is 17.7 Å². The average Bonchev–Trinajstić information content (AvgIpc) is 2.82. The summed E-state index contributed by atoms with van der Waals surface area (Å²) in [4.78, 5) is 0. The zero-order chi connectivity index (χ0) is 13.0. The van der Waals surface area contributed by atoms with Gasteiger partial charge in [0.05, 0.1) is 6.20 Å². The van der Waals surface area contributed by atoms with E-state index in [0.29, 0.717) is 6.54 Å². The Labute approximate surface area is 107 Å². The summed E-state index contributed by atoms with van der Waals surface area (Å²) < 4.78 is 7.68. The largest absolute Gasteiger partial charge is 0.484 e. The highest BCUT2D eigenvalue weighted by atomic mass is 16.5. The van der Waals surface area contributed by atoms with Gasteiger partial charge in [-0.25, -0.2) is 0 Å². The number of ether oxygens (including phenoxy) is 1. The van der Waals surface area contributed by atoms with Crippen molar-refractivity contribution in [2.24, 2.45) is 12.8 Å². The number of aromatic nitrogens is 2. The molecule has 4 heteroatoms. The molecular weight excluding hydrogens is 226 g/mol. The first kappa shape index (κ1) is 12.6. The Balaban J connectivity index is 2.14. The van der Waals surface area contributed by atoms with Crippen molar-refractivity contribution in [2.45, 2.75) is 19.4 Å². The molecule has 0 aliphatic carbocycles. The van der Waals surface area contributed by atoms with E-state index in [-0.39, 0.29) is 6.10 Å². The third kappa shape index (κ3) is 2.90. The molecule has 4 nitrogen and oxygen atoms in total. The third-order valence-electron chi connectivity index (χ3n) is 2.90. The van der Waals surface area contributed by atoms with Crippen LogP contribution in [-0.2, 0) is 13.5 Å². The van der Waals surface area contributed by atoms with Gasteiger partial charge in [-0.05, 0) is 24.1 Å². The molecule has 0 aliphatic rings. The lowest BCUT2D eigenvalue weighted by molar-refractivity contribution is 0.214. The summed E-state index contributed by atoms with van der Waals surface area (Å²) in [5.74, 6) is 0.855. The summed E-state index contributed by atoms with van der Waals surface area (Å²) in [6.45, 7) is 2.56. The van der Waals surface area contributed by atoms with Crippen LogP contribution in [0.5, 0.6) is 5.75 Å². The van der Waals surface area contributed by atoms with Crippen LogP contribution in [0.25, 0.3) is 0 Å². The second-order valence-corrected chi connectivity index (χ2v) is 4.29. The number of nitrogens with two attached hydrogens (primary N) is 1. The number of nitrogens with zero attached hydrogens (tertiary/aromatic N) is 2. The van der Waals surface area contributed by atoms with E-state index < -0.39 is 0 Å². The van der Waals surface area contributed by atoms with Crippen LogP contribution in [0.1, 0.15) is 24.2 Å². The van der Waals surface area contributed by atoms with Crippen LogP contribution in [0.15, 0.2) is 36.7 Å². The lowest BCUT2D eigenvalue weighted by Gasteiger charge is -2.16. The van der Waals surface area contributed by atoms with Gasteiger partial charge < -0.3 is 10.5 Å². The molecule has 2 N–H and O–H groups in total. The topological polar surface area (TPSA) is 53.1 Å². The van der Waals surface area contributed by atoms with Crippen LogP contribution in [-0.4, -0.2) is 16.3 Å². The quantitative estimate of drug-likeness (QED) is 0.877. The van der Waals surface area contributed by atoms with Gasteiger partial charge in [0.15, 0.2) is 0 Å². The van der Waals surface area contributed by atoms with Crippen molar-refractivity contribution >= 4 is 0 Å². The highest BCUT2D eigenvalue weighted by Gasteiger charge is 2.13. The van der Waals surface area contributed by atoms with Crippen LogP contribution in [0, 0.1) is 0 Å². The Bertz CT molecular complexity index is 507. The zero-order valence-electron chi connectivity index (χ0n) is 10.8. The van der Waals surface area contributed by atoms with Gasteiger partial charge >= 0.3 is 0 Å². The first-order chi connectivity index (χ1) is 8.72. The molecule has 1 unspecified atom stereocenters. The highest BCUT2D eigenvalue weighted by Crippen LogP contribution is 2.22. The molecule has 2 aromatic rings. The summed E-state index contributed by atoms with van der Waals surface area (Å²) in [5, 5.41) is 4.14. The molecule has 0 amide bonds.